The van der Waals surface area contributed by atoms with Gasteiger partial charge in [-0.25, -0.2) is 14.5 Å². The molecule has 0 saturated carbocycles. The van der Waals surface area contributed by atoms with Crippen LogP contribution in [0.1, 0.15) is 10.4 Å². The van der Waals surface area contributed by atoms with Crippen LogP contribution in [0, 0.1) is 0 Å². The summed E-state index contributed by atoms with van der Waals surface area (Å²) in [6.07, 6.45) is 1.35. The van der Waals surface area contributed by atoms with Gasteiger partial charge in [-0.2, -0.15) is 4.99 Å². The summed E-state index contributed by atoms with van der Waals surface area (Å²) in [5.41, 5.74) is 16.4. The summed E-state index contributed by atoms with van der Waals surface area (Å²) >= 11 is 0. The Morgan fingerprint density at radius 1 is 1.29 bits per heavy atom. The third-order valence-electron chi connectivity index (χ3n) is 2.30. The first-order chi connectivity index (χ1) is 9.97. The van der Waals surface area contributed by atoms with E-state index in [1.807, 2.05) is 0 Å². The van der Waals surface area contributed by atoms with E-state index in [4.69, 9.17) is 22.3 Å². The third kappa shape index (κ3) is 3.28. The molecule has 2 aromatic rings. The molecule has 0 aliphatic carbocycles. The van der Waals surface area contributed by atoms with E-state index in [0.29, 0.717) is 5.69 Å². The second kappa shape index (κ2) is 5.64. The molecule has 0 aliphatic rings. The summed E-state index contributed by atoms with van der Waals surface area (Å²) in [7, 11) is 0. The molecule has 1 aromatic carbocycles. The zero-order valence-electron chi connectivity index (χ0n) is 10.6. The molecule has 21 heavy (non-hydrogen) atoms. The summed E-state index contributed by atoms with van der Waals surface area (Å²) in [5, 5.41) is 19.8. The van der Waals surface area contributed by atoms with Crippen molar-refractivity contribution in [2.75, 3.05) is 0 Å². The first-order valence-corrected chi connectivity index (χ1v) is 5.52. The molecule has 0 radical (unpaired) electrons. The van der Waals surface area contributed by atoms with Crippen molar-refractivity contribution in [1.29, 1.82) is 0 Å². The molecule has 2 rings (SSSR count). The highest BCUT2D eigenvalue weighted by molar-refractivity contribution is 5.98. The normalized spacial score (nSPS) is 11.1. The van der Waals surface area contributed by atoms with Crippen molar-refractivity contribution >= 4 is 23.6 Å². The smallest absolute Gasteiger partial charge is 0.337 e. The average Bonchev–Trinajstić information content (AvgIpc) is 2.90. The minimum absolute atomic E-state index is 0.0676. The fraction of sp³-hybridized carbons (Fsp3) is 0. The summed E-state index contributed by atoms with van der Waals surface area (Å²) < 4.78 is 1.33. The molecule has 7 N–H and O–H groups in total. The minimum Gasteiger partial charge on any atom is -0.478 e. The largest absolute Gasteiger partial charge is 0.478 e. The molecule has 1 aromatic heterocycles. The summed E-state index contributed by atoms with van der Waals surface area (Å²) in [6.45, 7) is 0. The highest BCUT2D eigenvalue weighted by Gasteiger charge is 2.12. The van der Waals surface area contributed by atoms with Crippen molar-refractivity contribution in [2.24, 2.45) is 27.2 Å². The molecule has 0 bridgehead atoms. The van der Waals surface area contributed by atoms with E-state index >= 15 is 0 Å². The number of carbonyl (C=O) groups is 1. The second-order valence-corrected chi connectivity index (χ2v) is 3.77. The van der Waals surface area contributed by atoms with E-state index in [-0.39, 0.29) is 23.2 Å². The first kappa shape index (κ1) is 13.9. The zero-order chi connectivity index (χ0) is 15.4. The van der Waals surface area contributed by atoms with E-state index in [0.717, 1.165) is 0 Å². The molecule has 0 amide bonds. The van der Waals surface area contributed by atoms with Gasteiger partial charge in [0.15, 0.2) is 5.96 Å². The van der Waals surface area contributed by atoms with Gasteiger partial charge in [0.1, 0.15) is 6.33 Å². The molecule has 11 nitrogen and oxygen atoms in total. The van der Waals surface area contributed by atoms with Crippen LogP contribution < -0.4 is 17.2 Å². The Bertz CT molecular complexity index is 716. The molecule has 1 heterocycles. The van der Waals surface area contributed by atoms with Crippen LogP contribution in [0.5, 0.6) is 0 Å². The number of guanidine groups is 2. The predicted octanol–water partition coefficient (Wildman–Crippen LogP) is -1.42. The lowest BCUT2D eigenvalue weighted by molar-refractivity contribution is 0.0698. The maximum Gasteiger partial charge on any atom is 0.337 e. The summed E-state index contributed by atoms with van der Waals surface area (Å²) in [4.78, 5) is 18.6. The highest BCUT2D eigenvalue weighted by atomic mass is 16.4. The van der Waals surface area contributed by atoms with Crippen molar-refractivity contribution < 1.29 is 9.90 Å². The second-order valence-electron chi connectivity index (χ2n) is 3.77. The Labute approximate surface area is 117 Å². The van der Waals surface area contributed by atoms with Gasteiger partial charge in [-0.05, 0) is 28.6 Å². The molecule has 0 fully saturated rings. The van der Waals surface area contributed by atoms with Crippen LogP contribution in [0.3, 0.4) is 0 Å². The maximum absolute atomic E-state index is 11.2. The standard InChI is InChI=1S/C10H11N9O2/c11-9(12)16-10(13)15-7-3-5(19-4-14-17-18-19)1-2-6(7)8(20)21/h1-4H,(H,20,21)(H6,11,12,13,15,16). The fourth-order valence-electron chi connectivity index (χ4n) is 1.50. The number of nitrogens with two attached hydrogens (primary N) is 3. The topological polar surface area (TPSA) is 184 Å². The SMILES string of the molecule is NC(N)=NC(N)=Nc1cc(-n2cnnn2)ccc1C(=O)O. The van der Waals surface area contributed by atoms with Crippen LogP contribution in [-0.4, -0.2) is 43.2 Å². The number of tetrazole rings is 1. The average molecular weight is 289 g/mol. The lowest BCUT2D eigenvalue weighted by Gasteiger charge is -2.05. The van der Waals surface area contributed by atoms with Gasteiger partial charge in [0.05, 0.1) is 16.9 Å². The van der Waals surface area contributed by atoms with Gasteiger partial charge >= 0.3 is 5.97 Å². The Kier molecular flexibility index (Phi) is 3.74. The summed E-state index contributed by atoms with van der Waals surface area (Å²) in [5.74, 6) is -1.73. The number of aromatic nitrogens is 4. The van der Waals surface area contributed by atoms with Crippen LogP contribution in [0.2, 0.25) is 0 Å². The Morgan fingerprint density at radius 3 is 2.62 bits per heavy atom. The van der Waals surface area contributed by atoms with Crippen LogP contribution in [0.15, 0.2) is 34.5 Å². The number of hydrogen-bond acceptors (Lipinski definition) is 5. The van der Waals surface area contributed by atoms with E-state index in [1.54, 1.807) is 0 Å². The lowest BCUT2D eigenvalue weighted by atomic mass is 10.1. The Hall–Kier alpha value is -3.50. The van der Waals surface area contributed by atoms with E-state index in [1.165, 1.54) is 29.2 Å². The Balaban J connectivity index is 2.53. The molecular weight excluding hydrogens is 278 g/mol. The number of carboxylic acids is 1. The van der Waals surface area contributed by atoms with Crippen molar-refractivity contribution in [3.8, 4) is 5.69 Å². The van der Waals surface area contributed by atoms with Gasteiger partial charge in [0.2, 0.25) is 5.96 Å². The molecule has 0 saturated heterocycles. The van der Waals surface area contributed by atoms with Crippen molar-refractivity contribution in [2.45, 2.75) is 0 Å². The lowest BCUT2D eigenvalue weighted by Crippen LogP contribution is -2.26. The molecule has 108 valence electrons. The van der Waals surface area contributed by atoms with E-state index < -0.39 is 5.97 Å². The molecule has 0 unspecified atom stereocenters. The quantitative estimate of drug-likeness (QED) is 0.391. The highest BCUT2D eigenvalue weighted by Crippen LogP contribution is 2.23. The molecular formula is C10H11N9O2. The van der Waals surface area contributed by atoms with Crippen LogP contribution in [0.4, 0.5) is 5.69 Å². The van der Waals surface area contributed by atoms with Crippen molar-refractivity contribution in [3.05, 3.63) is 30.1 Å². The number of nitrogens with zero attached hydrogens (tertiary/aromatic N) is 6. The number of aromatic carboxylic acids is 1. The molecule has 11 heteroatoms. The maximum atomic E-state index is 11.2. The minimum atomic E-state index is -1.17. The van der Waals surface area contributed by atoms with Gasteiger partial charge in [0, 0.05) is 0 Å². The van der Waals surface area contributed by atoms with Crippen LogP contribution in [-0.2, 0) is 0 Å². The van der Waals surface area contributed by atoms with Gasteiger partial charge in [-0.1, -0.05) is 0 Å². The monoisotopic (exact) mass is 289 g/mol. The molecule has 0 spiro atoms. The van der Waals surface area contributed by atoms with Gasteiger partial charge in [-0.3, -0.25) is 0 Å². The number of benzene rings is 1. The number of carboxylic acid groups (broad SMARTS) is 1. The van der Waals surface area contributed by atoms with Crippen LogP contribution >= 0.6 is 0 Å². The summed E-state index contributed by atoms with van der Waals surface area (Å²) in [6, 6.07) is 4.31. The zero-order valence-corrected chi connectivity index (χ0v) is 10.6. The van der Waals surface area contributed by atoms with Gasteiger partial charge in [0.25, 0.3) is 0 Å². The van der Waals surface area contributed by atoms with E-state index in [2.05, 4.69) is 25.5 Å². The van der Waals surface area contributed by atoms with Gasteiger partial charge < -0.3 is 22.3 Å². The number of aliphatic imine (C=N–C) groups is 2. The fourth-order valence-corrected chi connectivity index (χ4v) is 1.50. The predicted molar refractivity (Wildman–Crippen MR) is 73.2 cm³/mol. The van der Waals surface area contributed by atoms with Crippen LogP contribution in [0.25, 0.3) is 5.69 Å². The number of hydrogen-bond donors (Lipinski definition) is 4. The molecule has 0 atom stereocenters. The van der Waals surface area contributed by atoms with Gasteiger partial charge in [-0.15, -0.1) is 5.10 Å². The Morgan fingerprint density at radius 2 is 2.05 bits per heavy atom. The molecule has 0 aliphatic heterocycles. The van der Waals surface area contributed by atoms with Crippen molar-refractivity contribution in [3.63, 3.8) is 0 Å². The van der Waals surface area contributed by atoms with E-state index in [9.17, 15) is 4.79 Å². The third-order valence-corrected chi connectivity index (χ3v) is 2.30. The van der Waals surface area contributed by atoms with Crippen molar-refractivity contribution in [1.82, 2.24) is 20.2 Å². The first-order valence-electron chi connectivity index (χ1n) is 5.52. The number of rotatable bonds is 3.